The van der Waals surface area contributed by atoms with Crippen LogP contribution in [0.1, 0.15) is 37.5 Å². The van der Waals surface area contributed by atoms with Gasteiger partial charge in [0.25, 0.3) is 17.7 Å². The maximum atomic E-state index is 12.6. The van der Waals surface area contributed by atoms with E-state index in [0.29, 0.717) is 41.3 Å². The summed E-state index contributed by atoms with van der Waals surface area (Å²) in [6.45, 7) is 4.08. The van der Waals surface area contributed by atoms with Crippen molar-refractivity contribution in [3.8, 4) is 0 Å². The molecule has 0 saturated carbocycles. The van der Waals surface area contributed by atoms with Gasteiger partial charge in [-0.05, 0) is 49.4 Å². The van der Waals surface area contributed by atoms with Gasteiger partial charge in [0.1, 0.15) is 0 Å². The summed E-state index contributed by atoms with van der Waals surface area (Å²) in [5.41, 5.74) is 1.63. The number of benzene rings is 2. The van der Waals surface area contributed by atoms with Crippen molar-refractivity contribution < 1.29 is 14.4 Å². The summed E-state index contributed by atoms with van der Waals surface area (Å²) in [5.74, 6) is -0.389. The molecule has 0 N–H and O–H groups in total. The molecule has 0 bridgehead atoms. The molecule has 1 fully saturated rings. The van der Waals surface area contributed by atoms with Crippen molar-refractivity contribution in [3.05, 3.63) is 70.2 Å². The molecule has 2 aliphatic heterocycles. The van der Waals surface area contributed by atoms with Crippen molar-refractivity contribution in [2.24, 2.45) is 0 Å². The predicted molar refractivity (Wildman–Crippen MR) is 110 cm³/mol. The Bertz CT molecular complexity index is 902. The molecule has 6 nitrogen and oxygen atoms in total. The van der Waals surface area contributed by atoms with Crippen LogP contribution in [-0.2, 0) is 0 Å². The second kappa shape index (κ2) is 8.35. The molecule has 0 aromatic heterocycles. The minimum atomic E-state index is -0.205. The van der Waals surface area contributed by atoms with Crippen LogP contribution in [0, 0.1) is 0 Å². The van der Waals surface area contributed by atoms with Crippen molar-refractivity contribution in [2.75, 3.05) is 39.3 Å². The maximum absolute atomic E-state index is 12.6. The lowest BCUT2D eigenvalue weighted by atomic mass is 10.1. The number of carbonyl (C=O) groups excluding carboxylic acids is 3. The van der Waals surface area contributed by atoms with Crippen LogP contribution in [0.25, 0.3) is 0 Å². The summed E-state index contributed by atoms with van der Waals surface area (Å²) in [7, 11) is 0. The van der Waals surface area contributed by atoms with Crippen LogP contribution in [0.5, 0.6) is 0 Å². The number of carbonyl (C=O) groups is 3. The SMILES string of the molecule is O=C(c1ccc(Cl)cc1)N1CCN(CCCN2C(=O)c3ccccc3C2=O)CC1. The Morgan fingerprint density at radius 3 is 2.00 bits per heavy atom. The number of nitrogens with zero attached hydrogens (tertiary/aromatic N) is 3. The van der Waals surface area contributed by atoms with Gasteiger partial charge in [0.15, 0.2) is 0 Å². The number of amides is 3. The first-order chi connectivity index (χ1) is 14.0. The molecular formula is C22H22ClN3O3. The Hall–Kier alpha value is -2.70. The quantitative estimate of drug-likeness (QED) is 0.710. The molecule has 4 rings (SSSR count). The molecule has 2 aromatic rings. The van der Waals surface area contributed by atoms with Crippen molar-refractivity contribution in [1.29, 1.82) is 0 Å². The molecule has 3 amide bonds. The van der Waals surface area contributed by atoms with Crippen LogP contribution in [0.15, 0.2) is 48.5 Å². The van der Waals surface area contributed by atoms with Crippen LogP contribution in [0.2, 0.25) is 5.02 Å². The first kappa shape index (κ1) is 19.6. The van der Waals surface area contributed by atoms with Gasteiger partial charge in [-0.1, -0.05) is 23.7 Å². The number of hydrogen-bond donors (Lipinski definition) is 0. The summed E-state index contributed by atoms with van der Waals surface area (Å²) < 4.78 is 0. The molecule has 0 atom stereocenters. The first-order valence-corrected chi connectivity index (χ1v) is 10.1. The van der Waals surface area contributed by atoms with E-state index in [-0.39, 0.29) is 17.7 Å². The van der Waals surface area contributed by atoms with E-state index in [1.54, 1.807) is 48.5 Å². The zero-order valence-corrected chi connectivity index (χ0v) is 16.8. The van der Waals surface area contributed by atoms with Crippen LogP contribution in [-0.4, -0.2) is 71.7 Å². The van der Waals surface area contributed by atoms with Crippen LogP contribution in [0.3, 0.4) is 0 Å². The molecule has 0 aliphatic carbocycles. The third kappa shape index (κ3) is 4.04. The lowest BCUT2D eigenvalue weighted by Crippen LogP contribution is -2.49. The minimum absolute atomic E-state index is 0.0207. The first-order valence-electron chi connectivity index (χ1n) is 9.77. The monoisotopic (exact) mass is 411 g/mol. The zero-order chi connectivity index (χ0) is 20.4. The molecule has 29 heavy (non-hydrogen) atoms. The molecule has 150 valence electrons. The van der Waals surface area contributed by atoms with Gasteiger partial charge < -0.3 is 4.90 Å². The van der Waals surface area contributed by atoms with Crippen LogP contribution in [0.4, 0.5) is 0 Å². The van der Waals surface area contributed by atoms with E-state index < -0.39 is 0 Å². The van der Waals surface area contributed by atoms with Crippen LogP contribution >= 0.6 is 11.6 Å². The van der Waals surface area contributed by atoms with E-state index in [9.17, 15) is 14.4 Å². The van der Waals surface area contributed by atoms with Gasteiger partial charge in [0, 0.05) is 43.3 Å². The fourth-order valence-corrected chi connectivity index (χ4v) is 3.97. The van der Waals surface area contributed by atoms with Gasteiger partial charge in [-0.15, -0.1) is 0 Å². The largest absolute Gasteiger partial charge is 0.336 e. The normalized spacial score (nSPS) is 17.0. The van der Waals surface area contributed by atoms with Gasteiger partial charge >= 0.3 is 0 Å². The maximum Gasteiger partial charge on any atom is 0.261 e. The summed E-state index contributed by atoms with van der Waals surface area (Å²) in [4.78, 5) is 42.8. The Labute approximate surface area is 174 Å². The highest BCUT2D eigenvalue weighted by Crippen LogP contribution is 2.22. The Morgan fingerprint density at radius 1 is 0.828 bits per heavy atom. The molecule has 1 saturated heterocycles. The highest BCUT2D eigenvalue weighted by atomic mass is 35.5. The van der Waals surface area contributed by atoms with E-state index in [1.807, 2.05) is 4.90 Å². The van der Waals surface area contributed by atoms with E-state index in [1.165, 1.54) is 4.90 Å². The summed E-state index contributed by atoms with van der Waals surface area (Å²) in [5, 5.41) is 0.615. The summed E-state index contributed by atoms with van der Waals surface area (Å²) >= 11 is 5.88. The number of rotatable bonds is 5. The Kier molecular flexibility index (Phi) is 5.65. The highest BCUT2D eigenvalue weighted by Gasteiger charge is 2.34. The predicted octanol–water partition coefficient (Wildman–Crippen LogP) is 2.78. The summed E-state index contributed by atoms with van der Waals surface area (Å²) in [6, 6.07) is 13.9. The van der Waals surface area contributed by atoms with Crippen molar-refractivity contribution >= 4 is 29.3 Å². The number of piperazine rings is 1. The molecule has 7 heteroatoms. The average Bonchev–Trinajstić information content (AvgIpc) is 2.99. The molecular weight excluding hydrogens is 390 g/mol. The van der Waals surface area contributed by atoms with Crippen LogP contribution < -0.4 is 0 Å². The Balaban J connectivity index is 1.24. The minimum Gasteiger partial charge on any atom is -0.336 e. The van der Waals surface area contributed by atoms with E-state index >= 15 is 0 Å². The lowest BCUT2D eigenvalue weighted by molar-refractivity contribution is 0.0595. The van der Waals surface area contributed by atoms with Gasteiger partial charge in [0.2, 0.25) is 0 Å². The molecule has 2 aromatic carbocycles. The smallest absolute Gasteiger partial charge is 0.261 e. The molecule has 0 spiro atoms. The van der Waals surface area contributed by atoms with E-state index in [4.69, 9.17) is 11.6 Å². The lowest BCUT2D eigenvalue weighted by Gasteiger charge is -2.35. The third-order valence-corrected chi connectivity index (χ3v) is 5.74. The molecule has 2 aliphatic rings. The number of halogens is 1. The van der Waals surface area contributed by atoms with Gasteiger partial charge in [-0.3, -0.25) is 24.2 Å². The number of imide groups is 1. The fraction of sp³-hybridized carbons (Fsp3) is 0.318. The molecule has 0 unspecified atom stereocenters. The second-order valence-corrected chi connectivity index (χ2v) is 7.74. The fourth-order valence-electron chi connectivity index (χ4n) is 3.84. The van der Waals surface area contributed by atoms with Gasteiger partial charge in [-0.2, -0.15) is 0 Å². The van der Waals surface area contributed by atoms with Crippen molar-refractivity contribution in [2.45, 2.75) is 6.42 Å². The van der Waals surface area contributed by atoms with Crippen molar-refractivity contribution in [1.82, 2.24) is 14.7 Å². The second-order valence-electron chi connectivity index (χ2n) is 7.30. The van der Waals surface area contributed by atoms with E-state index in [2.05, 4.69) is 4.90 Å². The highest BCUT2D eigenvalue weighted by molar-refractivity contribution is 6.30. The van der Waals surface area contributed by atoms with Crippen molar-refractivity contribution in [3.63, 3.8) is 0 Å². The number of fused-ring (bicyclic) bond motifs is 1. The topological polar surface area (TPSA) is 60.9 Å². The average molecular weight is 412 g/mol. The summed E-state index contributed by atoms with van der Waals surface area (Å²) in [6.07, 6.45) is 0.719. The number of hydrogen-bond acceptors (Lipinski definition) is 4. The third-order valence-electron chi connectivity index (χ3n) is 5.48. The molecule has 2 heterocycles. The van der Waals surface area contributed by atoms with Gasteiger partial charge in [0.05, 0.1) is 11.1 Å². The van der Waals surface area contributed by atoms with E-state index in [0.717, 1.165) is 26.1 Å². The van der Waals surface area contributed by atoms with Gasteiger partial charge in [-0.25, -0.2) is 0 Å². The molecule has 0 radical (unpaired) electrons. The zero-order valence-electron chi connectivity index (χ0n) is 16.0. The Morgan fingerprint density at radius 2 is 1.41 bits per heavy atom. The standard InChI is InChI=1S/C22H22ClN3O3/c23-17-8-6-16(7-9-17)20(27)25-14-12-24(13-15-25)10-3-11-26-21(28)18-4-1-2-5-19(18)22(26)29/h1-2,4-9H,3,10-15H2.